The van der Waals surface area contributed by atoms with E-state index in [0.717, 1.165) is 13.0 Å². The Kier molecular flexibility index (Phi) is 34.4. The highest BCUT2D eigenvalue weighted by atomic mass is 16.6. The Morgan fingerprint density at radius 3 is 0.892 bits per heavy atom. The molecule has 220 valence electrons. The third kappa shape index (κ3) is 35.2. The first-order chi connectivity index (χ1) is 18.4. The first-order valence-electron chi connectivity index (χ1n) is 13.6. The molecule has 0 radical (unpaired) electrons. The molecular weight excluding hydrogens is 484 g/mol. The Hall–Kier alpha value is -0.840. The molecule has 10 heteroatoms. The Morgan fingerprint density at radius 1 is 0.351 bits per heavy atom. The summed E-state index contributed by atoms with van der Waals surface area (Å²) in [6.45, 7) is 13.1. The van der Waals surface area contributed by atoms with Crippen LogP contribution in [-0.4, -0.2) is 132 Å². The topological polar surface area (TPSA) is 92.3 Å². The maximum Gasteiger partial charge on any atom is 0.107 e. The van der Waals surface area contributed by atoms with Gasteiger partial charge in [-0.2, -0.15) is 0 Å². The third-order valence-electron chi connectivity index (χ3n) is 4.68. The van der Waals surface area contributed by atoms with Gasteiger partial charge in [0.05, 0.1) is 119 Å². The zero-order chi connectivity index (χ0) is 26.7. The summed E-state index contributed by atoms with van der Waals surface area (Å²) in [7, 11) is 0. The molecule has 0 unspecified atom stereocenters. The summed E-state index contributed by atoms with van der Waals surface area (Å²) in [5, 5.41) is 0. The smallest absolute Gasteiger partial charge is 0.107 e. The lowest BCUT2D eigenvalue weighted by molar-refractivity contribution is -0.0261. The molecule has 10 nitrogen and oxygen atoms in total. The second-order valence-corrected chi connectivity index (χ2v) is 7.83. The van der Waals surface area contributed by atoms with E-state index in [-0.39, 0.29) is 0 Å². The van der Waals surface area contributed by atoms with Crippen LogP contribution in [0.2, 0.25) is 0 Å². The van der Waals surface area contributed by atoms with E-state index >= 15 is 0 Å². The average molecular weight is 537 g/mol. The van der Waals surface area contributed by atoms with Gasteiger partial charge in [-0.15, -0.1) is 6.42 Å². The minimum atomic E-state index is 0.313. The molecule has 0 heterocycles. The second-order valence-electron chi connectivity index (χ2n) is 7.83. The van der Waals surface area contributed by atoms with Crippen LogP contribution in [0.5, 0.6) is 0 Å². The van der Waals surface area contributed by atoms with Crippen molar-refractivity contribution >= 4 is 0 Å². The van der Waals surface area contributed by atoms with E-state index in [4.69, 9.17) is 53.8 Å². The summed E-state index contributed by atoms with van der Waals surface area (Å²) in [5.41, 5.74) is 0. The van der Waals surface area contributed by atoms with Gasteiger partial charge in [-0.25, -0.2) is 0 Å². The lowest BCUT2D eigenvalue weighted by Crippen LogP contribution is -2.15. The van der Waals surface area contributed by atoms with Crippen molar-refractivity contribution in [2.45, 2.75) is 32.6 Å². The zero-order valence-electron chi connectivity index (χ0n) is 23.1. The van der Waals surface area contributed by atoms with Crippen molar-refractivity contribution in [3.63, 3.8) is 0 Å². The maximum absolute atomic E-state index is 5.52. The fourth-order valence-electron chi connectivity index (χ4n) is 2.74. The lowest BCUT2D eigenvalue weighted by atomic mass is 10.2. The molecule has 0 aromatic carbocycles. The van der Waals surface area contributed by atoms with Gasteiger partial charge in [0.25, 0.3) is 0 Å². The van der Waals surface area contributed by atoms with Crippen molar-refractivity contribution in [1.29, 1.82) is 0 Å². The number of hydrogen-bond donors (Lipinski definition) is 0. The molecule has 0 aliphatic heterocycles. The van der Waals surface area contributed by atoms with Crippen LogP contribution >= 0.6 is 0 Å². The highest BCUT2D eigenvalue weighted by Crippen LogP contribution is 1.98. The van der Waals surface area contributed by atoms with E-state index in [2.05, 4.69) is 12.8 Å². The summed E-state index contributed by atoms with van der Waals surface area (Å²) in [6, 6.07) is 0. The van der Waals surface area contributed by atoms with Crippen LogP contribution in [0.1, 0.15) is 32.6 Å². The standard InChI is InChI=1S/C27H52O10/c1-3-5-6-7-9-29-11-13-31-15-17-33-19-21-35-23-25-37-27-26-36-24-22-34-20-18-32-16-14-30-12-10-28-8-4-2/h2H,3,5-27H2,1H3. The molecule has 0 saturated carbocycles. The Bertz CT molecular complexity index is 447. The predicted octanol–water partition coefficient (Wildman–Crippen LogP) is 2.37. The van der Waals surface area contributed by atoms with E-state index in [1.807, 2.05) is 0 Å². The first-order valence-corrected chi connectivity index (χ1v) is 13.6. The van der Waals surface area contributed by atoms with Crippen LogP contribution in [0, 0.1) is 12.3 Å². The van der Waals surface area contributed by atoms with Gasteiger partial charge < -0.3 is 47.4 Å². The highest BCUT2D eigenvalue weighted by molar-refractivity contribution is 4.82. The fraction of sp³-hybridized carbons (Fsp3) is 0.926. The molecule has 0 N–H and O–H groups in total. The summed E-state index contributed by atoms with van der Waals surface area (Å²) in [4.78, 5) is 0. The van der Waals surface area contributed by atoms with E-state index in [1.165, 1.54) is 19.3 Å². The quantitative estimate of drug-likeness (QED) is 0.0919. The predicted molar refractivity (Wildman–Crippen MR) is 141 cm³/mol. The normalized spacial score (nSPS) is 11.2. The minimum Gasteiger partial charge on any atom is -0.379 e. The van der Waals surface area contributed by atoms with Crippen molar-refractivity contribution < 1.29 is 47.4 Å². The minimum absolute atomic E-state index is 0.313. The van der Waals surface area contributed by atoms with E-state index in [1.54, 1.807) is 0 Å². The van der Waals surface area contributed by atoms with Gasteiger partial charge in [0.1, 0.15) is 6.61 Å². The summed E-state index contributed by atoms with van der Waals surface area (Å²) < 4.78 is 54.1. The molecular formula is C27H52O10. The van der Waals surface area contributed by atoms with Crippen LogP contribution in [0.15, 0.2) is 0 Å². The van der Waals surface area contributed by atoms with Crippen molar-refractivity contribution in [3.8, 4) is 12.3 Å². The van der Waals surface area contributed by atoms with Gasteiger partial charge >= 0.3 is 0 Å². The summed E-state index contributed by atoms with van der Waals surface area (Å²) >= 11 is 0. The zero-order valence-corrected chi connectivity index (χ0v) is 23.1. The molecule has 0 aromatic rings. The van der Waals surface area contributed by atoms with Crippen molar-refractivity contribution in [1.82, 2.24) is 0 Å². The summed E-state index contributed by atoms with van der Waals surface area (Å²) in [6.07, 6.45) is 9.98. The monoisotopic (exact) mass is 536 g/mol. The maximum atomic E-state index is 5.52. The molecule has 0 spiro atoms. The van der Waals surface area contributed by atoms with E-state index in [0.29, 0.717) is 126 Å². The van der Waals surface area contributed by atoms with Crippen molar-refractivity contribution in [3.05, 3.63) is 0 Å². The fourth-order valence-corrected chi connectivity index (χ4v) is 2.74. The lowest BCUT2D eigenvalue weighted by Gasteiger charge is -2.09. The molecule has 0 rings (SSSR count). The van der Waals surface area contributed by atoms with Crippen LogP contribution in [0.4, 0.5) is 0 Å². The van der Waals surface area contributed by atoms with Crippen LogP contribution in [-0.2, 0) is 47.4 Å². The molecule has 0 saturated heterocycles. The van der Waals surface area contributed by atoms with Gasteiger partial charge in [0.15, 0.2) is 0 Å². The molecule has 0 amide bonds. The van der Waals surface area contributed by atoms with Crippen molar-refractivity contribution in [2.24, 2.45) is 0 Å². The Labute approximate surface area is 224 Å². The highest BCUT2D eigenvalue weighted by Gasteiger charge is 1.96. The van der Waals surface area contributed by atoms with Gasteiger partial charge in [-0.1, -0.05) is 32.1 Å². The number of unbranched alkanes of at least 4 members (excludes halogenated alkanes) is 3. The Balaban J connectivity index is 3.01. The van der Waals surface area contributed by atoms with Crippen LogP contribution in [0.3, 0.4) is 0 Å². The largest absolute Gasteiger partial charge is 0.379 e. The summed E-state index contributed by atoms with van der Waals surface area (Å²) in [5.74, 6) is 2.40. The SMILES string of the molecule is C#CCOCCOCCOCCOCCOCCOCCOCCOCCOCCOCCCCCC. The van der Waals surface area contributed by atoms with Gasteiger partial charge in [0.2, 0.25) is 0 Å². The molecule has 0 aromatic heterocycles. The molecule has 0 aliphatic carbocycles. The van der Waals surface area contributed by atoms with E-state index < -0.39 is 0 Å². The molecule has 0 aliphatic rings. The van der Waals surface area contributed by atoms with E-state index in [9.17, 15) is 0 Å². The number of ether oxygens (including phenoxy) is 10. The molecule has 0 fully saturated rings. The molecule has 0 bridgehead atoms. The first kappa shape index (κ1) is 36.2. The average Bonchev–Trinajstić information content (AvgIpc) is 2.91. The van der Waals surface area contributed by atoms with Gasteiger partial charge in [-0.3, -0.25) is 0 Å². The number of terminal acetylenes is 1. The van der Waals surface area contributed by atoms with Gasteiger partial charge in [0, 0.05) is 6.61 Å². The van der Waals surface area contributed by atoms with Crippen LogP contribution in [0.25, 0.3) is 0 Å². The number of rotatable bonds is 33. The van der Waals surface area contributed by atoms with Crippen molar-refractivity contribution in [2.75, 3.05) is 132 Å². The van der Waals surface area contributed by atoms with Crippen LogP contribution < -0.4 is 0 Å². The molecule has 37 heavy (non-hydrogen) atoms. The second kappa shape index (κ2) is 35.2. The number of hydrogen-bond acceptors (Lipinski definition) is 10. The third-order valence-corrected chi connectivity index (χ3v) is 4.68. The Morgan fingerprint density at radius 2 is 0.622 bits per heavy atom. The molecule has 0 atom stereocenters. The van der Waals surface area contributed by atoms with Gasteiger partial charge in [-0.05, 0) is 6.42 Å².